The van der Waals surface area contributed by atoms with Crippen LogP contribution in [0, 0.1) is 5.92 Å². The van der Waals surface area contributed by atoms with Crippen molar-refractivity contribution in [1.82, 2.24) is 4.90 Å². The Bertz CT molecular complexity index is 911. The van der Waals surface area contributed by atoms with E-state index < -0.39 is 0 Å². The Morgan fingerprint density at radius 2 is 1.50 bits per heavy atom. The molecule has 0 atom stereocenters. The van der Waals surface area contributed by atoms with Crippen LogP contribution in [0.5, 0.6) is 23.0 Å². The number of ether oxygens (including phenoxy) is 4. The SMILES string of the molecule is COc1ccc(C(=O)C2CCN(CC(=O)Nc3cc(OC)c(OC)c(OC)c3)CC2)cc1. The molecule has 1 heterocycles. The van der Waals surface area contributed by atoms with E-state index in [9.17, 15) is 9.59 Å². The maximum Gasteiger partial charge on any atom is 0.238 e. The minimum absolute atomic E-state index is 0.0298. The molecule has 2 aromatic carbocycles. The zero-order valence-electron chi connectivity index (χ0n) is 19.0. The van der Waals surface area contributed by atoms with Crippen molar-refractivity contribution in [2.24, 2.45) is 5.92 Å². The highest BCUT2D eigenvalue weighted by molar-refractivity contribution is 5.98. The molecule has 0 aromatic heterocycles. The van der Waals surface area contributed by atoms with E-state index in [-0.39, 0.29) is 24.2 Å². The highest BCUT2D eigenvalue weighted by Crippen LogP contribution is 2.39. The Kier molecular flexibility index (Phi) is 7.94. The second-order valence-electron chi connectivity index (χ2n) is 7.61. The van der Waals surface area contributed by atoms with Gasteiger partial charge in [-0.05, 0) is 50.2 Å². The van der Waals surface area contributed by atoms with E-state index in [1.807, 2.05) is 0 Å². The number of nitrogens with zero attached hydrogens (tertiary/aromatic N) is 1. The summed E-state index contributed by atoms with van der Waals surface area (Å²) in [5, 5.41) is 2.89. The fraction of sp³-hybridized carbons (Fsp3) is 0.417. The van der Waals surface area contributed by atoms with Crippen LogP contribution in [0.15, 0.2) is 36.4 Å². The van der Waals surface area contributed by atoms with Crippen molar-refractivity contribution >= 4 is 17.4 Å². The maximum atomic E-state index is 12.8. The van der Waals surface area contributed by atoms with E-state index in [1.54, 1.807) is 43.5 Å². The predicted molar refractivity (Wildman–Crippen MR) is 121 cm³/mol. The molecule has 32 heavy (non-hydrogen) atoms. The molecule has 8 nitrogen and oxygen atoms in total. The summed E-state index contributed by atoms with van der Waals surface area (Å²) in [4.78, 5) is 27.4. The van der Waals surface area contributed by atoms with E-state index in [1.165, 1.54) is 21.3 Å². The Morgan fingerprint density at radius 3 is 2.00 bits per heavy atom. The maximum absolute atomic E-state index is 12.8. The van der Waals surface area contributed by atoms with Gasteiger partial charge >= 0.3 is 0 Å². The van der Waals surface area contributed by atoms with Crippen LogP contribution in [0.2, 0.25) is 0 Å². The molecule has 0 spiro atoms. The molecule has 0 aliphatic carbocycles. The van der Waals surface area contributed by atoms with Gasteiger partial charge in [0.25, 0.3) is 0 Å². The van der Waals surface area contributed by atoms with E-state index in [2.05, 4.69) is 10.2 Å². The fourth-order valence-electron chi connectivity index (χ4n) is 3.90. The molecule has 0 unspecified atom stereocenters. The summed E-state index contributed by atoms with van der Waals surface area (Å²) in [7, 11) is 6.19. The lowest BCUT2D eigenvalue weighted by Gasteiger charge is -2.30. The summed E-state index contributed by atoms with van der Waals surface area (Å²) < 4.78 is 21.1. The number of piperidine rings is 1. The first-order valence-corrected chi connectivity index (χ1v) is 10.5. The standard InChI is InChI=1S/C24H30N2O6/c1-29-19-7-5-16(6-8-19)23(28)17-9-11-26(12-10-17)15-22(27)25-18-13-20(30-2)24(32-4)21(14-18)31-3/h5-8,13-14,17H,9-12,15H2,1-4H3,(H,25,27). The number of methoxy groups -OCH3 is 4. The molecule has 0 bridgehead atoms. The van der Waals surface area contributed by atoms with Crippen molar-refractivity contribution in [2.75, 3.05) is 53.4 Å². The lowest BCUT2D eigenvalue weighted by atomic mass is 9.89. The van der Waals surface area contributed by atoms with Crippen LogP contribution in [-0.4, -0.2) is 64.7 Å². The highest BCUT2D eigenvalue weighted by atomic mass is 16.5. The summed E-state index contributed by atoms with van der Waals surface area (Å²) in [6.07, 6.45) is 1.45. The average Bonchev–Trinajstić information content (AvgIpc) is 2.83. The van der Waals surface area contributed by atoms with Gasteiger partial charge in [0, 0.05) is 29.3 Å². The van der Waals surface area contributed by atoms with E-state index in [0.29, 0.717) is 41.6 Å². The number of nitrogens with one attached hydrogen (secondary N) is 1. The van der Waals surface area contributed by atoms with Crippen LogP contribution in [0.1, 0.15) is 23.2 Å². The van der Waals surface area contributed by atoms with Gasteiger partial charge in [-0.25, -0.2) is 0 Å². The van der Waals surface area contributed by atoms with Gasteiger partial charge in [-0.3, -0.25) is 14.5 Å². The molecule has 2 aromatic rings. The van der Waals surface area contributed by atoms with Crippen molar-refractivity contribution < 1.29 is 28.5 Å². The van der Waals surface area contributed by atoms with Crippen LogP contribution in [-0.2, 0) is 4.79 Å². The van der Waals surface area contributed by atoms with E-state index in [0.717, 1.165) is 18.6 Å². The first kappa shape index (κ1) is 23.4. The third-order valence-electron chi connectivity index (χ3n) is 5.65. The summed E-state index contributed by atoms with van der Waals surface area (Å²) in [5.74, 6) is 2.12. The molecular weight excluding hydrogens is 412 g/mol. The summed E-state index contributed by atoms with van der Waals surface area (Å²) >= 11 is 0. The molecular formula is C24H30N2O6. The van der Waals surface area contributed by atoms with Crippen molar-refractivity contribution in [3.05, 3.63) is 42.0 Å². The zero-order chi connectivity index (χ0) is 23.1. The molecule has 1 N–H and O–H groups in total. The Balaban J connectivity index is 1.54. The molecule has 0 radical (unpaired) electrons. The average molecular weight is 443 g/mol. The second kappa shape index (κ2) is 10.9. The Hall–Kier alpha value is -3.26. The van der Waals surface area contributed by atoms with Crippen LogP contribution < -0.4 is 24.3 Å². The van der Waals surface area contributed by atoms with E-state index in [4.69, 9.17) is 18.9 Å². The second-order valence-corrected chi connectivity index (χ2v) is 7.61. The number of carbonyl (C=O) groups excluding carboxylic acids is 2. The third kappa shape index (κ3) is 5.50. The summed E-state index contributed by atoms with van der Waals surface area (Å²) in [6, 6.07) is 10.6. The van der Waals surface area contributed by atoms with Gasteiger partial charge in [-0.1, -0.05) is 0 Å². The number of benzene rings is 2. The first-order chi connectivity index (χ1) is 15.5. The number of ketones is 1. The quantitative estimate of drug-likeness (QED) is 0.597. The Morgan fingerprint density at radius 1 is 0.906 bits per heavy atom. The smallest absolute Gasteiger partial charge is 0.238 e. The number of hydrogen-bond donors (Lipinski definition) is 1. The fourth-order valence-corrected chi connectivity index (χ4v) is 3.90. The first-order valence-electron chi connectivity index (χ1n) is 10.5. The number of carbonyl (C=O) groups is 2. The summed E-state index contributed by atoms with van der Waals surface area (Å²) in [5.41, 5.74) is 1.26. The monoisotopic (exact) mass is 442 g/mol. The van der Waals surface area contributed by atoms with Crippen molar-refractivity contribution in [3.8, 4) is 23.0 Å². The molecule has 172 valence electrons. The van der Waals surface area contributed by atoms with Gasteiger partial charge in [-0.2, -0.15) is 0 Å². The molecule has 3 rings (SSSR count). The van der Waals surface area contributed by atoms with Gasteiger partial charge in [0.2, 0.25) is 11.7 Å². The van der Waals surface area contributed by atoms with Crippen molar-refractivity contribution in [1.29, 1.82) is 0 Å². The van der Waals surface area contributed by atoms with Crippen LogP contribution in [0.3, 0.4) is 0 Å². The Labute approximate surface area is 188 Å². The van der Waals surface area contributed by atoms with Gasteiger partial charge in [0.05, 0.1) is 35.0 Å². The predicted octanol–water partition coefficient (Wildman–Crippen LogP) is 3.25. The minimum atomic E-state index is -0.140. The highest BCUT2D eigenvalue weighted by Gasteiger charge is 2.27. The number of likely N-dealkylation sites (tertiary alicyclic amines) is 1. The van der Waals surface area contributed by atoms with Gasteiger partial charge in [0.15, 0.2) is 17.3 Å². The lowest BCUT2D eigenvalue weighted by Crippen LogP contribution is -2.40. The van der Waals surface area contributed by atoms with Crippen molar-refractivity contribution in [3.63, 3.8) is 0 Å². The van der Waals surface area contributed by atoms with E-state index >= 15 is 0 Å². The number of hydrogen-bond acceptors (Lipinski definition) is 7. The third-order valence-corrected chi connectivity index (χ3v) is 5.65. The summed E-state index contributed by atoms with van der Waals surface area (Å²) in [6.45, 7) is 1.63. The molecule has 1 amide bonds. The van der Waals surface area contributed by atoms with Crippen molar-refractivity contribution in [2.45, 2.75) is 12.8 Å². The lowest BCUT2D eigenvalue weighted by molar-refractivity contribution is -0.117. The number of Topliss-reactive ketones (excluding diaryl/α,β-unsaturated/α-hetero) is 1. The normalized spacial score (nSPS) is 14.5. The number of rotatable bonds is 9. The van der Waals surface area contributed by atoms with Gasteiger partial charge in [0.1, 0.15) is 5.75 Å². The van der Waals surface area contributed by atoms with Crippen LogP contribution >= 0.6 is 0 Å². The van der Waals surface area contributed by atoms with Gasteiger partial charge < -0.3 is 24.3 Å². The van der Waals surface area contributed by atoms with Gasteiger partial charge in [-0.15, -0.1) is 0 Å². The molecule has 8 heteroatoms. The number of anilines is 1. The number of amides is 1. The molecule has 1 saturated heterocycles. The topological polar surface area (TPSA) is 86.3 Å². The van der Waals surface area contributed by atoms with Crippen LogP contribution in [0.25, 0.3) is 0 Å². The zero-order valence-corrected chi connectivity index (χ0v) is 19.0. The largest absolute Gasteiger partial charge is 0.497 e. The molecule has 1 aliphatic rings. The molecule has 0 saturated carbocycles. The minimum Gasteiger partial charge on any atom is -0.497 e. The van der Waals surface area contributed by atoms with Crippen LogP contribution in [0.4, 0.5) is 5.69 Å². The molecule has 1 fully saturated rings. The molecule has 1 aliphatic heterocycles.